The number of nitrogens with one attached hydrogen (secondary N) is 2. The van der Waals surface area contributed by atoms with E-state index in [9.17, 15) is 19.5 Å². The first-order valence-electron chi connectivity index (χ1n) is 14.2. The van der Waals surface area contributed by atoms with Crippen molar-refractivity contribution in [3.05, 3.63) is 96.3 Å². The summed E-state index contributed by atoms with van der Waals surface area (Å²) >= 11 is 0. The third kappa shape index (κ3) is 6.44. The van der Waals surface area contributed by atoms with Gasteiger partial charge in [0.2, 0.25) is 0 Å². The number of amides is 4. The van der Waals surface area contributed by atoms with E-state index in [4.69, 9.17) is 4.74 Å². The molecule has 0 spiro atoms. The Morgan fingerprint density at radius 3 is 2.49 bits per heavy atom. The highest BCUT2D eigenvalue weighted by molar-refractivity contribution is 6.07. The van der Waals surface area contributed by atoms with E-state index in [0.717, 1.165) is 10.8 Å². The summed E-state index contributed by atoms with van der Waals surface area (Å²) in [7, 11) is 1.69. The number of ether oxygens (including phenoxy) is 1. The first-order chi connectivity index (χ1) is 20.8. The summed E-state index contributed by atoms with van der Waals surface area (Å²) in [5, 5.41) is 17.8. The topological polar surface area (TPSA) is 124 Å². The molecule has 0 unspecified atom stereocenters. The van der Waals surface area contributed by atoms with Crippen LogP contribution in [0.4, 0.5) is 16.2 Å². The predicted octanol–water partition coefficient (Wildman–Crippen LogP) is 4.87. The minimum absolute atomic E-state index is 0.194. The second-order valence-corrected chi connectivity index (χ2v) is 10.8. The molecule has 222 valence electrons. The highest BCUT2D eigenvalue weighted by Gasteiger charge is 2.35. The Hall–Kier alpha value is -4.96. The first kappa shape index (κ1) is 29.5. The first-order valence-corrected chi connectivity index (χ1v) is 14.2. The molecule has 5 rings (SSSR count). The summed E-state index contributed by atoms with van der Waals surface area (Å²) in [6.07, 6.45) is 2.49. The lowest BCUT2D eigenvalue weighted by atomic mass is 9.99. The van der Waals surface area contributed by atoms with Crippen molar-refractivity contribution in [3.8, 4) is 5.75 Å². The van der Waals surface area contributed by atoms with Gasteiger partial charge in [-0.25, -0.2) is 4.79 Å². The lowest BCUT2D eigenvalue weighted by Gasteiger charge is -2.38. The lowest BCUT2D eigenvalue weighted by molar-refractivity contribution is 0.0372. The molecule has 4 aromatic rings. The standard InChI is InChI=1S/C33H35N5O5/c1-21-18-38(22(2)20-39)32(41)26-11-7-13-28(35-31(40)24-14-16-34-17-15-24)30(26)43-29(21)19-37(3)33(42)36-27-12-6-9-23-8-4-5-10-25(23)27/h4-17,21-22,29,39H,18-20H2,1-3H3,(H,35,40)(H,36,42)/t21-,22-,29-/m1/s1. The fourth-order valence-corrected chi connectivity index (χ4v) is 5.16. The van der Waals surface area contributed by atoms with E-state index in [1.54, 1.807) is 54.1 Å². The maximum Gasteiger partial charge on any atom is 0.321 e. The number of carbonyl (C=O) groups excluding carboxylic acids is 3. The third-order valence-electron chi connectivity index (χ3n) is 7.71. The van der Waals surface area contributed by atoms with Crippen LogP contribution >= 0.6 is 0 Å². The molecule has 0 aliphatic carbocycles. The van der Waals surface area contributed by atoms with Crippen LogP contribution in [0.15, 0.2) is 85.2 Å². The zero-order valence-electron chi connectivity index (χ0n) is 24.4. The van der Waals surface area contributed by atoms with Gasteiger partial charge in [0.25, 0.3) is 11.8 Å². The molecule has 43 heavy (non-hydrogen) atoms. The number of aliphatic hydroxyl groups is 1. The average molecular weight is 582 g/mol. The summed E-state index contributed by atoms with van der Waals surface area (Å²) in [5.41, 5.74) is 1.68. The minimum Gasteiger partial charge on any atom is -0.485 e. The number of anilines is 2. The molecule has 1 aliphatic rings. The summed E-state index contributed by atoms with van der Waals surface area (Å²) in [4.78, 5) is 47.3. The lowest BCUT2D eigenvalue weighted by Crippen LogP contribution is -2.50. The van der Waals surface area contributed by atoms with Crippen LogP contribution in [0.3, 0.4) is 0 Å². The number of hydrogen-bond acceptors (Lipinski definition) is 6. The van der Waals surface area contributed by atoms with Gasteiger partial charge >= 0.3 is 6.03 Å². The number of likely N-dealkylation sites (N-methyl/N-ethyl adjacent to an activating group) is 1. The Kier molecular flexibility index (Phi) is 8.87. The molecular weight excluding hydrogens is 546 g/mol. The van der Waals surface area contributed by atoms with Crippen molar-refractivity contribution in [2.75, 3.05) is 37.4 Å². The fourth-order valence-electron chi connectivity index (χ4n) is 5.16. The summed E-state index contributed by atoms with van der Waals surface area (Å²) in [5.74, 6) is -0.720. The second-order valence-electron chi connectivity index (χ2n) is 10.8. The molecule has 1 aliphatic heterocycles. The average Bonchev–Trinajstić information content (AvgIpc) is 3.03. The van der Waals surface area contributed by atoms with Gasteiger partial charge in [0.1, 0.15) is 6.10 Å². The Bertz CT molecular complexity index is 1620. The van der Waals surface area contributed by atoms with Gasteiger partial charge < -0.3 is 30.3 Å². The summed E-state index contributed by atoms with van der Waals surface area (Å²) in [6, 6.07) is 21.0. The van der Waals surface area contributed by atoms with Crippen LogP contribution in [0.2, 0.25) is 0 Å². The molecule has 0 bridgehead atoms. The van der Waals surface area contributed by atoms with Crippen LogP contribution in [0, 0.1) is 5.92 Å². The summed E-state index contributed by atoms with van der Waals surface area (Å²) in [6.45, 7) is 4.00. The van der Waals surface area contributed by atoms with Crippen molar-refractivity contribution in [2.24, 2.45) is 5.92 Å². The van der Waals surface area contributed by atoms with Gasteiger partial charge in [-0.05, 0) is 42.6 Å². The Morgan fingerprint density at radius 2 is 1.72 bits per heavy atom. The highest BCUT2D eigenvalue weighted by Crippen LogP contribution is 2.35. The quantitative estimate of drug-likeness (QED) is 0.286. The van der Waals surface area contributed by atoms with E-state index in [1.807, 2.05) is 49.4 Å². The van der Waals surface area contributed by atoms with E-state index in [2.05, 4.69) is 15.6 Å². The molecule has 0 saturated carbocycles. The maximum atomic E-state index is 13.7. The molecule has 0 radical (unpaired) electrons. The predicted molar refractivity (Wildman–Crippen MR) is 165 cm³/mol. The van der Waals surface area contributed by atoms with Gasteiger partial charge in [-0.3, -0.25) is 14.6 Å². The number of aromatic nitrogens is 1. The van der Waals surface area contributed by atoms with Gasteiger partial charge in [-0.1, -0.05) is 49.4 Å². The fraction of sp³-hybridized carbons (Fsp3) is 0.273. The van der Waals surface area contributed by atoms with Crippen LogP contribution in [0.5, 0.6) is 5.75 Å². The number of nitrogens with zero attached hydrogens (tertiary/aromatic N) is 3. The number of para-hydroxylation sites is 1. The number of hydrogen-bond donors (Lipinski definition) is 3. The smallest absolute Gasteiger partial charge is 0.321 e. The van der Waals surface area contributed by atoms with Crippen LogP contribution < -0.4 is 15.4 Å². The number of carbonyl (C=O) groups is 3. The molecule has 10 nitrogen and oxygen atoms in total. The van der Waals surface area contributed by atoms with Crippen molar-refractivity contribution in [1.29, 1.82) is 0 Å². The number of aliphatic hydroxyl groups excluding tert-OH is 1. The molecule has 3 atom stereocenters. The third-order valence-corrected chi connectivity index (χ3v) is 7.71. The van der Waals surface area contributed by atoms with Crippen molar-refractivity contribution in [1.82, 2.24) is 14.8 Å². The molecule has 10 heteroatoms. The maximum absolute atomic E-state index is 13.7. The molecule has 1 aromatic heterocycles. The number of pyridine rings is 1. The van der Waals surface area contributed by atoms with Crippen molar-refractivity contribution in [3.63, 3.8) is 0 Å². The SMILES string of the molecule is C[C@@H]1CN([C@H](C)CO)C(=O)c2cccc(NC(=O)c3ccncc3)c2O[C@@H]1CN(C)C(=O)Nc1cccc2ccccc12. The Balaban J connectivity index is 1.44. The van der Waals surface area contributed by atoms with E-state index in [1.165, 1.54) is 12.4 Å². The van der Waals surface area contributed by atoms with E-state index < -0.39 is 12.1 Å². The van der Waals surface area contributed by atoms with Crippen molar-refractivity contribution < 1.29 is 24.2 Å². The monoisotopic (exact) mass is 581 g/mol. The zero-order valence-corrected chi connectivity index (χ0v) is 24.4. The summed E-state index contributed by atoms with van der Waals surface area (Å²) < 4.78 is 6.53. The molecule has 3 N–H and O–H groups in total. The molecule has 2 heterocycles. The van der Waals surface area contributed by atoms with Gasteiger partial charge in [-0.2, -0.15) is 0 Å². The van der Waals surface area contributed by atoms with Gasteiger partial charge in [-0.15, -0.1) is 0 Å². The largest absolute Gasteiger partial charge is 0.485 e. The van der Waals surface area contributed by atoms with Crippen LogP contribution in [-0.4, -0.2) is 76.6 Å². The van der Waals surface area contributed by atoms with E-state index >= 15 is 0 Å². The van der Waals surface area contributed by atoms with Crippen molar-refractivity contribution >= 4 is 40.0 Å². The van der Waals surface area contributed by atoms with Crippen molar-refractivity contribution in [2.45, 2.75) is 26.0 Å². The van der Waals surface area contributed by atoms with Gasteiger partial charge in [0.15, 0.2) is 5.75 Å². The van der Waals surface area contributed by atoms with E-state index in [0.29, 0.717) is 23.5 Å². The Morgan fingerprint density at radius 1 is 1.02 bits per heavy atom. The number of benzene rings is 3. The minimum atomic E-state index is -0.553. The normalized spacial score (nSPS) is 17.2. The number of urea groups is 1. The number of fused-ring (bicyclic) bond motifs is 2. The zero-order chi connectivity index (χ0) is 30.5. The molecule has 0 saturated heterocycles. The molecule has 3 aromatic carbocycles. The van der Waals surface area contributed by atoms with E-state index in [-0.39, 0.29) is 48.2 Å². The highest BCUT2D eigenvalue weighted by atomic mass is 16.5. The number of rotatable bonds is 7. The van der Waals surface area contributed by atoms with Crippen LogP contribution in [0.1, 0.15) is 34.6 Å². The second kappa shape index (κ2) is 12.9. The van der Waals surface area contributed by atoms with Crippen LogP contribution in [0.25, 0.3) is 10.8 Å². The molecule has 4 amide bonds. The van der Waals surface area contributed by atoms with Crippen LogP contribution in [-0.2, 0) is 0 Å². The molecular formula is C33H35N5O5. The Labute approximate surface area is 250 Å². The van der Waals surface area contributed by atoms with Gasteiger partial charge in [0, 0.05) is 42.9 Å². The molecule has 0 fully saturated rings. The van der Waals surface area contributed by atoms with Gasteiger partial charge in [0.05, 0.1) is 36.1 Å².